The van der Waals surface area contributed by atoms with Crippen molar-refractivity contribution < 1.29 is 19.7 Å². The van der Waals surface area contributed by atoms with Crippen molar-refractivity contribution in [2.24, 2.45) is 35.0 Å². The van der Waals surface area contributed by atoms with Crippen molar-refractivity contribution in [2.75, 3.05) is 6.61 Å². The summed E-state index contributed by atoms with van der Waals surface area (Å²) in [5.41, 5.74) is -0.673. The van der Waals surface area contributed by atoms with E-state index in [0.717, 1.165) is 12.8 Å². The molecule has 126 valence electrons. The van der Waals surface area contributed by atoms with Gasteiger partial charge >= 0.3 is 0 Å². The number of fused-ring (bicyclic) bond motifs is 5. The minimum Gasteiger partial charge on any atom is -0.396 e. The topological polar surface area (TPSA) is 58.9 Å². The molecule has 0 bridgehead atoms. The molecule has 4 nitrogen and oxygen atoms in total. The highest BCUT2D eigenvalue weighted by Gasteiger charge is 2.73. The van der Waals surface area contributed by atoms with E-state index >= 15 is 0 Å². The van der Waals surface area contributed by atoms with Crippen molar-refractivity contribution in [2.45, 2.75) is 71.1 Å². The molecule has 9 atom stereocenters. The van der Waals surface area contributed by atoms with Gasteiger partial charge in [-0.05, 0) is 62.7 Å². The predicted octanol–water partition coefficient (Wildman–Crippen LogP) is 2.18. The molecule has 9 unspecified atom stereocenters. The highest BCUT2D eigenvalue weighted by Crippen LogP contribution is 2.72. The Balaban J connectivity index is 1.73. The zero-order valence-electron chi connectivity index (χ0n) is 14.4. The van der Waals surface area contributed by atoms with E-state index in [1.807, 2.05) is 20.8 Å². The molecule has 4 aliphatic rings. The van der Waals surface area contributed by atoms with Crippen molar-refractivity contribution >= 4 is 0 Å². The van der Waals surface area contributed by atoms with E-state index in [2.05, 4.69) is 13.8 Å². The third kappa shape index (κ3) is 1.78. The monoisotopic (exact) mass is 310 g/mol. The lowest BCUT2D eigenvalue weighted by molar-refractivity contribution is -0.181. The second-order valence-corrected chi connectivity index (χ2v) is 9.22. The molecule has 0 aromatic heterocycles. The first kappa shape index (κ1) is 15.4. The first-order valence-electron chi connectivity index (χ1n) is 8.81. The number of hydrogen-bond donors (Lipinski definition) is 2. The Hall–Kier alpha value is -0.160. The predicted molar refractivity (Wildman–Crippen MR) is 82.0 cm³/mol. The van der Waals surface area contributed by atoms with Gasteiger partial charge in [0.25, 0.3) is 0 Å². The lowest BCUT2D eigenvalue weighted by Gasteiger charge is -2.38. The summed E-state index contributed by atoms with van der Waals surface area (Å²) in [7, 11) is 0. The molecule has 0 radical (unpaired) electrons. The van der Waals surface area contributed by atoms with E-state index in [9.17, 15) is 10.2 Å². The Morgan fingerprint density at radius 1 is 1.05 bits per heavy atom. The molecule has 0 spiro atoms. The first-order chi connectivity index (χ1) is 10.1. The van der Waals surface area contributed by atoms with Crippen molar-refractivity contribution in [1.82, 2.24) is 0 Å². The summed E-state index contributed by atoms with van der Waals surface area (Å²) in [6.45, 7) is 10.6. The summed E-state index contributed by atoms with van der Waals surface area (Å²) in [4.78, 5) is 0. The van der Waals surface area contributed by atoms with Gasteiger partial charge in [-0.2, -0.15) is 0 Å². The smallest absolute Gasteiger partial charge is 0.163 e. The first-order valence-corrected chi connectivity index (χ1v) is 8.81. The summed E-state index contributed by atoms with van der Waals surface area (Å²) in [6, 6.07) is 0. The van der Waals surface area contributed by atoms with Crippen LogP contribution >= 0.6 is 0 Å². The van der Waals surface area contributed by atoms with Crippen LogP contribution < -0.4 is 0 Å². The van der Waals surface area contributed by atoms with Crippen LogP contribution in [0.3, 0.4) is 0 Å². The second kappa shape index (κ2) is 4.27. The zero-order chi connectivity index (χ0) is 16.1. The minimum absolute atomic E-state index is 0.0210. The van der Waals surface area contributed by atoms with Crippen LogP contribution in [0.1, 0.15) is 47.5 Å². The summed E-state index contributed by atoms with van der Waals surface area (Å²) < 4.78 is 12.4. The average molecular weight is 310 g/mol. The van der Waals surface area contributed by atoms with Gasteiger partial charge in [-0.15, -0.1) is 0 Å². The Morgan fingerprint density at radius 2 is 1.68 bits per heavy atom. The minimum atomic E-state index is -0.702. The maximum atomic E-state index is 11.1. The molecule has 2 N–H and O–H groups in total. The van der Waals surface area contributed by atoms with Gasteiger partial charge < -0.3 is 19.7 Å². The van der Waals surface area contributed by atoms with Crippen LogP contribution in [-0.4, -0.2) is 40.4 Å². The summed E-state index contributed by atoms with van der Waals surface area (Å²) in [6.07, 6.45) is 1.85. The lowest BCUT2D eigenvalue weighted by Crippen LogP contribution is -2.45. The number of hydrogen-bond acceptors (Lipinski definition) is 4. The van der Waals surface area contributed by atoms with Gasteiger partial charge in [0.1, 0.15) is 0 Å². The Morgan fingerprint density at radius 3 is 2.32 bits per heavy atom. The number of ether oxygens (including phenoxy) is 2. The number of rotatable bonds is 1. The van der Waals surface area contributed by atoms with Crippen LogP contribution in [0.25, 0.3) is 0 Å². The van der Waals surface area contributed by atoms with E-state index in [1.54, 1.807) is 0 Å². The van der Waals surface area contributed by atoms with E-state index in [4.69, 9.17) is 9.47 Å². The van der Waals surface area contributed by atoms with Crippen molar-refractivity contribution in [1.29, 1.82) is 0 Å². The van der Waals surface area contributed by atoms with Gasteiger partial charge in [0, 0.05) is 12.5 Å². The van der Waals surface area contributed by atoms with Crippen LogP contribution in [-0.2, 0) is 9.47 Å². The van der Waals surface area contributed by atoms with E-state index in [1.165, 1.54) is 0 Å². The maximum absolute atomic E-state index is 11.1. The molecule has 0 aromatic rings. The normalized spacial score (nSPS) is 62.0. The summed E-state index contributed by atoms with van der Waals surface area (Å²) in [5.74, 6) is 1.33. The summed E-state index contributed by atoms with van der Waals surface area (Å²) >= 11 is 0. The van der Waals surface area contributed by atoms with Crippen LogP contribution in [0.15, 0.2) is 0 Å². The van der Waals surface area contributed by atoms with Crippen LogP contribution in [0, 0.1) is 35.0 Å². The molecular formula is C18H30O4. The molecule has 0 amide bonds. The molecule has 4 heteroatoms. The van der Waals surface area contributed by atoms with Gasteiger partial charge in [-0.3, -0.25) is 0 Å². The van der Waals surface area contributed by atoms with E-state index < -0.39 is 11.4 Å². The van der Waals surface area contributed by atoms with Crippen LogP contribution in [0.5, 0.6) is 0 Å². The average Bonchev–Trinajstić information content (AvgIpc) is 2.79. The molecule has 1 aliphatic heterocycles. The molecule has 3 aliphatic carbocycles. The van der Waals surface area contributed by atoms with E-state index in [0.29, 0.717) is 23.7 Å². The van der Waals surface area contributed by atoms with Crippen LogP contribution in [0.2, 0.25) is 0 Å². The SMILES string of the molecule is CC1C2OC(C)(C)OC2C2C1C1C(CCC2(C)O)C1(C)CO. The molecule has 1 heterocycles. The quantitative estimate of drug-likeness (QED) is 0.779. The van der Waals surface area contributed by atoms with Gasteiger partial charge in [-0.1, -0.05) is 13.8 Å². The van der Waals surface area contributed by atoms with Crippen molar-refractivity contribution in [3.05, 3.63) is 0 Å². The largest absolute Gasteiger partial charge is 0.396 e. The third-order valence-corrected chi connectivity index (χ3v) is 7.43. The van der Waals surface area contributed by atoms with Gasteiger partial charge in [0.15, 0.2) is 5.79 Å². The van der Waals surface area contributed by atoms with Crippen molar-refractivity contribution in [3.63, 3.8) is 0 Å². The van der Waals surface area contributed by atoms with Crippen molar-refractivity contribution in [3.8, 4) is 0 Å². The summed E-state index contributed by atoms with van der Waals surface area (Å²) in [5, 5.41) is 21.0. The lowest BCUT2D eigenvalue weighted by atomic mass is 9.73. The molecule has 4 rings (SSSR count). The van der Waals surface area contributed by atoms with Gasteiger partial charge in [0.05, 0.1) is 17.8 Å². The second-order valence-electron chi connectivity index (χ2n) is 9.22. The standard InChI is InChI=1S/C18H30O4/c1-9-11-12-10(17(12,4)8-19)6-7-18(5,20)13(11)15-14(9)21-16(2,3)22-15/h9-15,19-20H,6-8H2,1-5H3. The highest BCUT2D eigenvalue weighted by molar-refractivity contribution is 5.20. The number of aliphatic hydroxyl groups is 2. The molecule has 4 fully saturated rings. The molecular weight excluding hydrogens is 280 g/mol. The Labute approximate surface area is 133 Å². The molecule has 22 heavy (non-hydrogen) atoms. The third-order valence-electron chi connectivity index (χ3n) is 7.43. The molecule has 3 saturated carbocycles. The Kier molecular flexibility index (Phi) is 2.98. The Bertz CT molecular complexity index is 487. The van der Waals surface area contributed by atoms with Gasteiger partial charge in [0.2, 0.25) is 0 Å². The molecule has 0 aromatic carbocycles. The zero-order valence-corrected chi connectivity index (χ0v) is 14.4. The van der Waals surface area contributed by atoms with E-state index in [-0.39, 0.29) is 30.1 Å². The fourth-order valence-corrected chi connectivity index (χ4v) is 6.34. The molecule has 1 saturated heterocycles. The number of aliphatic hydroxyl groups excluding tert-OH is 1. The van der Waals surface area contributed by atoms with Gasteiger partial charge in [-0.25, -0.2) is 0 Å². The fourth-order valence-electron chi connectivity index (χ4n) is 6.34. The maximum Gasteiger partial charge on any atom is 0.163 e. The van der Waals surface area contributed by atoms with Crippen LogP contribution in [0.4, 0.5) is 0 Å². The fraction of sp³-hybridized carbons (Fsp3) is 1.00. The highest BCUT2D eigenvalue weighted by atomic mass is 16.8.